The van der Waals surface area contributed by atoms with Crippen LogP contribution in [0, 0.1) is 17.8 Å². The molecule has 18 heavy (non-hydrogen) atoms. The number of hydrogen-bond acceptors (Lipinski definition) is 1. The van der Waals surface area contributed by atoms with Crippen LogP contribution in [0.4, 0.5) is 0 Å². The Balaban J connectivity index is 1.57. The van der Waals surface area contributed by atoms with Crippen LogP contribution in [0.5, 0.6) is 5.75 Å². The van der Waals surface area contributed by atoms with Gasteiger partial charge in [-0.3, -0.25) is 0 Å². The molecular weight excluding hydrogens is 288 g/mol. The Labute approximate surface area is 117 Å². The van der Waals surface area contributed by atoms with Crippen LogP contribution in [-0.4, -0.2) is 6.10 Å². The van der Waals surface area contributed by atoms with Crippen molar-refractivity contribution in [3.05, 3.63) is 29.3 Å². The van der Waals surface area contributed by atoms with Crippen molar-refractivity contribution < 1.29 is 4.74 Å². The number of benzene rings is 1. The van der Waals surface area contributed by atoms with Crippen LogP contribution < -0.4 is 4.74 Å². The van der Waals surface area contributed by atoms with Crippen LogP contribution in [0.3, 0.4) is 0 Å². The molecular formula is C16H19BrO. The summed E-state index contributed by atoms with van der Waals surface area (Å²) in [6.45, 7) is 2.15. The van der Waals surface area contributed by atoms with Gasteiger partial charge in [0.25, 0.3) is 0 Å². The van der Waals surface area contributed by atoms with E-state index in [1.807, 2.05) is 0 Å². The van der Waals surface area contributed by atoms with Crippen LogP contribution >= 0.6 is 15.9 Å². The van der Waals surface area contributed by atoms with E-state index >= 15 is 0 Å². The summed E-state index contributed by atoms with van der Waals surface area (Å²) in [5, 5.41) is 0. The second-order valence-corrected chi connectivity index (χ2v) is 7.22. The van der Waals surface area contributed by atoms with E-state index in [-0.39, 0.29) is 0 Å². The summed E-state index contributed by atoms with van der Waals surface area (Å²) in [5.41, 5.74) is 2.86. The average molecular weight is 307 g/mol. The van der Waals surface area contributed by atoms with Crippen LogP contribution in [0.1, 0.15) is 42.1 Å². The largest absolute Gasteiger partial charge is 0.490 e. The van der Waals surface area contributed by atoms with Gasteiger partial charge in [-0.25, -0.2) is 0 Å². The molecule has 2 heteroatoms. The number of halogens is 1. The third kappa shape index (κ3) is 1.65. The molecule has 2 aliphatic carbocycles. The number of hydrogen-bond donors (Lipinski definition) is 0. The summed E-state index contributed by atoms with van der Waals surface area (Å²) in [6.07, 6.45) is 5.80. The maximum atomic E-state index is 5.78. The zero-order chi connectivity index (χ0) is 12.3. The molecule has 0 bridgehead atoms. The lowest BCUT2D eigenvalue weighted by Crippen LogP contribution is -2.05. The van der Waals surface area contributed by atoms with Crippen LogP contribution in [-0.2, 0) is 6.42 Å². The van der Waals surface area contributed by atoms with Crippen molar-refractivity contribution in [2.24, 2.45) is 17.8 Å². The third-order valence-electron chi connectivity index (χ3n) is 5.05. The quantitative estimate of drug-likeness (QED) is 0.731. The van der Waals surface area contributed by atoms with Crippen molar-refractivity contribution in [3.8, 4) is 5.75 Å². The molecule has 1 nitrogen and oxygen atoms in total. The first-order valence-corrected chi connectivity index (χ1v) is 8.09. The minimum absolute atomic E-state index is 0.351. The highest BCUT2D eigenvalue weighted by molar-refractivity contribution is 9.09. The number of ether oxygens (including phenoxy) is 1. The van der Waals surface area contributed by atoms with Gasteiger partial charge in [0.2, 0.25) is 0 Å². The molecule has 0 spiro atoms. The van der Waals surface area contributed by atoms with Crippen molar-refractivity contribution in [2.45, 2.75) is 43.5 Å². The normalized spacial score (nSPS) is 37.9. The lowest BCUT2D eigenvalue weighted by atomic mass is 9.99. The first-order valence-electron chi connectivity index (χ1n) is 7.17. The third-order valence-corrected chi connectivity index (χ3v) is 6.19. The van der Waals surface area contributed by atoms with Crippen LogP contribution in [0.25, 0.3) is 0 Å². The second-order valence-electron chi connectivity index (χ2n) is 6.24. The van der Waals surface area contributed by atoms with Gasteiger partial charge < -0.3 is 4.74 Å². The van der Waals surface area contributed by atoms with Crippen molar-refractivity contribution >= 4 is 15.9 Å². The van der Waals surface area contributed by atoms with E-state index in [4.69, 9.17) is 4.74 Å². The fourth-order valence-corrected chi connectivity index (χ4v) is 5.22. The minimum atomic E-state index is 0.351. The first kappa shape index (κ1) is 11.3. The number of alkyl halides is 1. The Morgan fingerprint density at radius 3 is 2.83 bits per heavy atom. The standard InChI is InChI=1S/C16H19BrO/c1-9-7-11-8-10(5-6-14(11)18-9)16(17)15-12-3-2-4-13(12)15/h5-6,8-9,12-13,15-16H,2-4,7H2,1H3. The van der Waals surface area contributed by atoms with Gasteiger partial charge in [-0.2, -0.15) is 0 Å². The highest BCUT2D eigenvalue weighted by atomic mass is 79.9. The Morgan fingerprint density at radius 2 is 2.06 bits per heavy atom. The van der Waals surface area contributed by atoms with Gasteiger partial charge >= 0.3 is 0 Å². The molecule has 0 N–H and O–H groups in total. The Kier molecular flexibility index (Phi) is 2.52. The smallest absolute Gasteiger partial charge is 0.123 e. The summed E-state index contributed by atoms with van der Waals surface area (Å²) >= 11 is 3.95. The van der Waals surface area contributed by atoms with E-state index in [0.29, 0.717) is 10.9 Å². The fraction of sp³-hybridized carbons (Fsp3) is 0.625. The monoisotopic (exact) mass is 306 g/mol. The van der Waals surface area contributed by atoms with E-state index < -0.39 is 0 Å². The molecule has 4 rings (SSSR count). The van der Waals surface area contributed by atoms with Gasteiger partial charge in [-0.15, -0.1) is 0 Å². The second kappa shape index (κ2) is 4.00. The highest BCUT2D eigenvalue weighted by Crippen LogP contribution is 2.64. The number of rotatable bonds is 2. The van der Waals surface area contributed by atoms with Gasteiger partial charge in [-0.05, 0) is 54.7 Å². The molecule has 1 heterocycles. The molecule has 96 valence electrons. The summed E-state index contributed by atoms with van der Waals surface area (Å²) in [6, 6.07) is 6.79. The van der Waals surface area contributed by atoms with E-state index in [1.54, 1.807) is 0 Å². The zero-order valence-corrected chi connectivity index (χ0v) is 12.3. The van der Waals surface area contributed by atoms with E-state index in [9.17, 15) is 0 Å². The van der Waals surface area contributed by atoms with Crippen molar-refractivity contribution in [1.82, 2.24) is 0 Å². The minimum Gasteiger partial charge on any atom is -0.490 e. The van der Waals surface area contributed by atoms with E-state index in [1.165, 1.54) is 30.4 Å². The molecule has 2 fully saturated rings. The molecule has 1 aromatic rings. The summed E-state index contributed by atoms with van der Waals surface area (Å²) in [5.74, 6) is 4.02. The Hall–Kier alpha value is -0.500. The molecule has 1 aliphatic heterocycles. The van der Waals surface area contributed by atoms with E-state index in [2.05, 4.69) is 41.1 Å². The molecule has 0 amide bonds. The molecule has 4 unspecified atom stereocenters. The van der Waals surface area contributed by atoms with Crippen molar-refractivity contribution in [3.63, 3.8) is 0 Å². The van der Waals surface area contributed by atoms with Gasteiger partial charge in [0.1, 0.15) is 11.9 Å². The Morgan fingerprint density at radius 1 is 1.28 bits per heavy atom. The molecule has 2 saturated carbocycles. The van der Waals surface area contributed by atoms with Gasteiger partial charge in [-0.1, -0.05) is 34.5 Å². The van der Waals surface area contributed by atoms with Gasteiger partial charge in [0.15, 0.2) is 0 Å². The summed E-state index contributed by atoms with van der Waals surface area (Å²) in [4.78, 5) is 0.564. The predicted octanol–water partition coefficient (Wildman–Crippen LogP) is 4.49. The molecule has 1 aromatic carbocycles. The SMILES string of the molecule is CC1Cc2cc(C(Br)C3C4CCCC43)ccc2O1. The lowest BCUT2D eigenvalue weighted by molar-refractivity contribution is 0.254. The Bertz CT molecular complexity index is 474. The predicted molar refractivity (Wildman–Crippen MR) is 76.2 cm³/mol. The lowest BCUT2D eigenvalue weighted by Gasteiger charge is -2.13. The topological polar surface area (TPSA) is 9.23 Å². The van der Waals surface area contributed by atoms with Gasteiger partial charge in [0, 0.05) is 11.2 Å². The van der Waals surface area contributed by atoms with E-state index in [0.717, 1.165) is 29.9 Å². The maximum Gasteiger partial charge on any atom is 0.123 e. The summed E-state index contributed by atoms with van der Waals surface area (Å²) < 4.78 is 5.78. The molecule has 3 aliphatic rings. The average Bonchev–Trinajstić information content (AvgIpc) is 2.74. The summed E-state index contributed by atoms with van der Waals surface area (Å²) in [7, 11) is 0. The maximum absolute atomic E-state index is 5.78. The molecule has 0 aromatic heterocycles. The zero-order valence-electron chi connectivity index (χ0n) is 10.7. The van der Waals surface area contributed by atoms with Crippen LogP contribution in [0.15, 0.2) is 18.2 Å². The molecule has 4 atom stereocenters. The van der Waals surface area contributed by atoms with Crippen LogP contribution in [0.2, 0.25) is 0 Å². The molecule has 0 saturated heterocycles. The first-order chi connectivity index (χ1) is 8.74. The van der Waals surface area contributed by atoms with Crippen molar-refractivity contribution in [1.29, 1.82) is 0 Å². The highest BCUT2D eigenvalue weighted by Gasteiger charge is 2.55. The molecule has 0 radical (unpaired) electrons. The number of fused-ring (bicyclic) bond motifs is 2. The van der Waals surface area contributed by atoms with Crippen molar-refractivity contribution in [2.75, 3.05) is 0 Å². The van der Waals surface area contributed by atoms with Gasteiger partial charge in [0.05, 0.1) is 0 Å². The fourth-order valence-electron chi connectivity index (χ4n) is 4.15.